The van der Waals surface area contributed by atoms with Crippen LogP contribution in [0.4, 0.5) is 0 Å². The SMILES string of the molecule is Cc1ccc(S(=O)(=O)NC(=O)CCc2ccccc2)cc1. The number of sulfonamides is 1. The van der Waals surface area contributed by atoms with E-state index in [1.807, 2.05) is 37.3 Å². The molecule has 0 bridgehead atoms. The Morgan fingerprint density at radius 3 is 2.24 bits per heavy atom. The van der Waals surface area contributed by atoms with E-state index in [2.05, 4.69) is 4.72 Å². The molecule has 0 fully saturated rings. The summed E-state index contributed by atoms with van der Waals surface area (Å²) in [4.78, 5) is 11.9. The number of hydrogen-bond acceptors (Lipinski definition) is 3. The highest BCUT2D eigenvalue weighted by Gasteiger charge is 2.16. The summed E-state index contributed by atoms with van der Waals surface area (Å²) in [6, 6.07) is 15.8. The standard InChI is InChI=1S/C16H17NO3S/c1-13-7-10-15(11-8-13)21(19,20)17-16(18)12-9-14-5-3-2-4-6-14/h2-8,10-11H,9,12H2,1H3,(H,17,18). The van der Waals surface area contributed by atoms with Crippen molar-refractivity contribution in [1.29, 1.82) is 0 Å². The van der Waals surface area contributed by atoms with Gasteiger partial charge in [0.1, 0.15) is 0 Å². The van der Waals surface area contributed by atoms with E-state index in [1.54, 1.807) is 12.1 Å². The minimum absolute atomic E-state index is 0.0983. The van der Waals surface area contributed by atoms with Gasteiger partial charge in [-0.1, -0.05) is 48.0 Å². The van der Waals surface area contributed by atoms with Crippen molar-refractivity contribution in [3.8, 4) is 0 Å². The maximum absolute atomic E-state index is 12.0. The van der Waals surface area contributed by atoms with Crippen LogP contribution in [0.2, 0.25) is 0 Å². The maximum atomic E-state index is 12.0. The van der Waals surface area contributed by atoms with Gasteiger partial charge in [0.05, 0.1) is 4.90 Å². The van der Waals surface area contributed by atoms with Crippen LogP contribution in [-0.2, 0) is 21.2 Å². The first-order valence-electron chi connectivity index (χ1n) is 6.63. The Hall–Kier alpha value is -2.14. The van der Waals surface area contributed by atoms with Gasteiger partial charge in [-0.25, -0.2) is 13.1 Å². The lowest BCUT2D eigenvalue weighted by Crippen LogP contribution is -2.30. The highest BCUT2D eigenvalue weighted by molar-refractivity contribution is 7.90. The second kappa shape index (κ2) is 6.54. The van der Waals surface area contributed by atoms with Crippen LogP contribution in [0.3, 0.4) is 0 Å². The summed E-state index contributed by atoms with van der Waals surface area (Å²) in [6.45, 7) is 1.87. The number of carbonyl (C=O) groups excluding carboxylic acids is 1. The number of aryl methyl sites for hydroxylation is 2. The predicted octanol–water partition coefficient (Wildman–Crippen LogP) is 2.43. The monoisotopic (exact) mass is 303 g/mol. The van der Waals surface area contributed by atoms with Crippen molar-refractivity contribution in [1.82, 2.24) is 4.72 Å². The number of hydrogen-bond donors (Lipinski definition) is 1. The van der Waals surface area contributed by atoms with Gasteiger partial charge in [-0.15, -0.1) is 0 Å². The maximum Gasteiger partial charge on any atom is 0.264 e. The van der Waals surface area contributed by atoms with E-state index in [9.17, 15) is 13.2 Å². The van der Waals surface area contributed by atoms with E-state index in [1.165, 1.54) is 12.1 Å². The zero-order valence-electron chi connectivity index (χ0n) is 11.7. The fourth-order valence-corrected chi connectivity index (χ4v) is 2.89. The molecule has 0 spiro atoms. The molecular weight excluding hydrogens is 286 g/mol. The quantitative estimate of drug-likeness (QED) is 0.922. The van der Waals surface area contributed by atoms with Crippen LogP contribution in [-0.4, -0.2) is 14.3 Å². The molecule has 0 aromatic heterocycles. The van der Waals surface area contributed by atoms with E-state index in [4.69, 9.17) is 0 Å². The molecule has 2 rings (SSSR count). The van der Waals surface area contributed by atoms with E-state index < -0.39 is 15.9 Å². The second-order valence-corrected chi connectivity index (χ2v) is 6.51. The molecule has 5 heteroatoms. The molecular formula is C16H17NO3S. The Morgan fingerprint density at radius 1 is 1.00 bits per heavy atom. The molecule has 1 N–H and O–H groups in total. The van der Waals surface area contributed by atoms with Crippen LogP contribution < -0.4 is 4.72 Å². The van der Waals surface area contributed by atoms with Gasteiger partial charge in [0.25, 0.3) is 10.0 Å². The smallest absolute Gasteiger partial charge is 0.264 e. The zero-order valence-corrected chi connectivity index (χ0v) is 12.6. The van der Waals surface area contributed by atoms with Gasteiger partial charge in [-0.05, 0) is 31.0 Å². The van der Waals surface area contributed by atoms with Gasteiger partial charge in [0.2, 0.25) is 5.91 Å². The van der Waals surface area contributed by atoms with Gasteiger partial charge in [-0.3, -0.25) is 4.79 Å². The van der Waals surface area contributed by atoms with Gasteiger partial charge in [-0.2, -0.15) is 0 Å². The minimum atomic E-state index is -3.78. The molecule has 0 saturated heterocycles. The van der Waals surface area contributed by atoms with E-state index in [0.29, 0.717) is 6.42 Å². The third-order valence-corrected chi connectivity index (χ3v) is 4.45. The molecule has 0 aliphatic heterocycles. The molecule has 1 amide bonds. The summed E-state index contributed by atoms with van der Waals surface area (Å²) in [5.41, 5.74) is 1.96. The summed E-state index contributed by atoms with van der Waals surface area (Å²) in [7, 11) is -3.78. The molecule has 21 heavy (non-hydrogen) atoms. The van der Waals surface area contributed by atoms with Gasteiger partial charge < -0.3 is 0 Å². The van der Waals surface area contributed by atoms with Crippen molar-refractivity contribution < 1.29 is 13.2 Å². The van der Waals surface area contributed by atoms with E-state index in [-0.39, 0.29) is 11.3 Å². The highest BCUT2D eigenvalue weighted by Crippen LogP contribution is 2.10. The van der Waals surface area contributed by atoms with Crippen LogP contribution in [0.1, 0.15) is 17.5 Å². The zero-order chi connectivity index (χ0) is 15.3. The van der Waals surface area contributed by atoms with Crippen LogP contribution in [0, 0.1) is 6.92 Å². The molecule has 0 saturated carbocycles. The lowest BCUT2D eigenvalue weighted by Gasteiger charge is -2.07. The summed E-state index contributed by atoms with van der Waals surface area (Å²) in [6.07, 6.45) is 0.644. The van der Waals surface area contributed by atoms with Crippen LogP contribution in [0.5, 0.6) is 0 Å². The first-order chi connectivity index (χ1) is 9.97. The number of carbonyl (C=O) groups is 1. The lowest BCUT2D eigenvalue weighted by molar-refractivity contribution is -0.119. The first-order valence-corrected chi connectivity index (χ1v) is 8.12. The van der Waals surface area contributed by atoms with Crippen LogP contribution >= 0.6 is 0 Å². The Morgan fingerprint density at radius 2 is 1.62 bits per heavy atom. The number of benzene rings is 2. The van der Waals surface area contributed by atoms with Crippen molar-refractivity contribution in [3.05, 3.63) is 65.7 Å². The molecule has 110 valence electrons. The van der Waals surface area contributed by atoms with Crippen LogP contribution in [0.15, 0.2) is 59.5 Å². The normalized spacial score (nSPS) is 11.1. The van der Waals surface area contributed by atoms with E-state index >= 15 is 0 Å². The Bertz CT molecular complexity index is 707. The van der Waals surface area contributed by atoms with Crippen LogP contribution in [0.25, 0.3) is 0 Å². The third kappa shape index (κ3) is 4.43. The van der Waals surface area contributed by atoms with Gasteiger partial charge in [0, 0.05) is 6.42 Å². The summed E-state index contributed by atoms with van der Waals surface area (Å²) in [5, 5.41) is 0. The number of nitrogens with one attached hydrogen (secondary N) is 1. The second-order valence-electron chi connectivity index (χ2n) is 4.83. The molecule has 0 radical (unpaired) electrons. The molecule has 2 aromatic rings. The summed E-state index contributed by atoms with van der Waals surface area (Å²) < 4.78 is 26.2. The Balaban J connectivity index is 1.97. The molecule has 0 aliphatic rings. The predicted molar refractivity (Wildman–Crippen MR) is 81.3 cm³/mol. The fourth-order valence-electron chi connectivity index (χ4n) is 1.88. The third-order valence-electron chi connectivity index (χ3n) is 3.06. The molecule has 0 aliphatic carbocycles. The number of rotatable bonds is 5. The van der Waals surface area contributed by atoms with Crippen molar-refractivity contribution >= 4 is 15.9 Å². The van der Waals surface area contributed by atoms with Crippen molar-refractivity contribution in [2.75, 3.05) is 0 Å². The van der Waals surface area contributed by atoms with Crippen molar-refractivity contribution in [3.63, 3.8) is 0 Å². The Kier molecular flexibility index (Phi) is 4.75. The average Bonchev–Trinajstić information content (AvgIpc) is 2.46. The highest BCUT2D eigenvalue weighted by atomic mass is 32.2. The molecule has 0 atom stereocenters. The topological polar surface area (TPSA) is 63.2 Å². The molecule has 4 nitrogen and oxygen atoms in total. The van der Waals surface area contributed by atoms with Crippen molar-refractivity contribution in [2.24, 2.45) is 0 Å². The van der Waals surface area contributed by atoms with Gasteiger partial charge in [0.15, 0.2) is 0 Å². The minimum Gasteiger partial charge on any atom is -0.274 e. The van der Waals surface area contributed by atoms with Crippen molar-refractivity contribution in [2.45, 2.75) is 24.7 Å². The molecule has 0 heterocycles. The largest absolute Gasteiger partial charge is 0.274 e. The summed E-state index contributed by atoms with van der Waals surface area (Å²) in [5.74, 6) is -0.501. The van der Waals surface area contributed by atoms with E-state index in [0.717, 1.165) is 11.1 Å². The van der Waals surface area contributed by atoms with Gasteiger partial charge >= 0.3 is 0 Å². The summed E-state index contributed by atoms with van der Waals surface area (Å²) >= 11 is 0. The first kappa shape index (κ1) is 15.3. The molecule has 0 unspecified atom stereocenters. The lowest BCUT2D eigenvalue weighted by atomic mass is 10.1. The average molecular weight is 303 g/mol. The fraction of sp³-hybridized carbons (Fsp3) is 0.188. The Labute approximate surface area is 124 Å². The molecule has 2 aromatic carbocycles. The number of amides is 1.